The zero-order valence-electron chi connectivity index (χ0n) is 20.3. The van der Waals surface area contributed by atoms with E-state index in [0.717, 1.165) is 25.0 Å². The van der Waals surface area contributed by atoms with E-state index in [1.54, 1.807) is 5.01 Å². The summed E-state index contributed by atoms with van der Waals surface area (Å²) in [6, 6.07) is 21.5. The molecule has 2 fully saturated rings. The van der Waals surface area contributed by atoms with Crippen molar-refractivity contribution < 1.29 is 4.79 Å². The zero-order valence-corrected chi connectivity index (χ0v) is 20.3. The summed E-state index contributed by atoms with van der Waals surface area (Å²) in [4.78, 5) is 13.5. The van der Waals surface area contributed by atoms with E-state index < -0.39 is 0 Å². The Morgan fingerprint density at radius 1 is 1.00 bits per heavy atom. The molecule has 0 spiro atoms. The van der Waals surface area contributed by atoms with Crippen LogP contribution in [0.4, 0.5) is 4.79 Å². The minimum Gasteiger partial charge on any atom is -0.333 e. The molecule has 2 aromatic rings. The minimum absolute atomic E-state index is 0.0336. The average Bonchev–Trinajstić information content (AvgIpc) is 3.52. The van der Waals surface area contributed by atoms with Crippen LogP contribution < -0.4 is 5.32 Å². The minimum atomic E-state index is -0.0337. The molecule has 0 radical (unpaired) electrons. The third kappa shape index (κ3) is 3.98. The molecule has 2 saturated carbocycles. The van der Waals surface area contributed by atoms with E-state index in [-0.39, 0.29) is 28.8 Å². The lowest BCUT2D eigenvalue weighted by molar-refractivity contribution is 0.0880. The Balaban J connectivity index is 1.43. The van der Waals surface area contributed by atoms with Gasteiger partial charge < -0.3 is 5.32 Å². The highest BCUT2D eigenvalue weighted by Crippen LogP contribution is 2.53. The van der Waals surface area contributed by atoms with Crippen LogP contribution in [0, 0.1) is 11.3 Å². The molecular weight excluding hydrogens is 406 g/mol. The second kappa shape index (κ2) is 8.62. The number of amides is 2. The molecule has 2 aromatic carbocycles. The van der Waals surface area contributed by atoms with Gasteiger partial charge >= 0.3 is 6.03 Å². The highest BCUT2D eigenvalue weighted by atomic mass is 16.2. The molecule has 3 aliphatic rings. The van der Waals surface area contributed by atoms with Crippen LogP contribution in [0.3, 0.4) is 0 Å². The smallest absolute Gasteiger partial charge is 0.333 e. The Bertz CT molecular complexity index is 1010. The van der Waals surface area contributed by atoms with Gasteiger partial charge in [-0.1, -0.05) is 94.3 Å². The van der Waals surface area contributed by atoms with Gasteiger partial charge in [0, 0.05) is 17.4 Å². The van der Waals surface area contributed by atoms with Crippen molar-refractivity contribution >= 4 is 11.7 Å². The van der Waals surface area contributed by atoms with Gasteiger partial charge in [0.05, 0.1) is 12.3 Å². The number of rotatable bonds is 5. The van der Waals surface area contributed by atoms with Gasteiger partial charge in [0.2, 0.25) is 0 Å². The van der Waals surface area contributed by atoms with E-state index in [1.807, 2.05) is 0 Å². The summed E-state index contributed by atoms with van der Waals surface area (Å²) in [5.41, 5.74) is 3.84. The summed E-state index contributed by atoms with van der Waals surface area (Å²) < 4.78 is 0. The average molecular weight is 444 g/mol. The predicted molar refractivity (Wildman–Crippen MR) is 134 cm³/mol. The fourth-order valence-electron chi connectivity index (χ4n) is 6.09. The summed E-state index contributed by atoms with van der Waals surface area (Å²) in [7, 11) is 0. The number of benzene rings is 2. The molecule has 4 nitrogen and oxygen atoms in total. The number of carbonyl (C=O) groups excluding carboxylic acids is 1. The Kier molecular flexibility index (Phi) is 5.80. The van der Waals surface area contributed by atoms with Gasteiger partial charge in [-0.25, -0.2) is 9.80 Å². The van der Waals surface area contributed by atoms with Crippen LogP contribution >= 0.6 is 0 Å². The maximum atomic E-state index is 13.5. The molecular formula is C29H37N3O. The first-order chi connectivity index (χ1) is 15.9. The van der Waals surface area contributed by atoms with Crippen LogP contribution in [-0.4, -0.2) is 29.3 Å². The molecule has 3 atom stereocenters. The second-order valence-corrected chi connectivity index (χ2v) is 10.9. The van der Waals surface area contributed by atoms with Gasteiger partial charge in [-0.05, 0) is 48.1 Å². The summed E-state index contributed by atoms with van der Waals surface area (Å²) in [5, 5.41) is 10.2. The lowest BCUT2D eigenvalue weighted by Gasteiger charge is -2.45. The summed E-state index contributed by atoms with van der Waals surface area (Å²) in [6.45, 7) is 7.55. The maximum Gasteiger partial charge on any atom is 0.338 e. The van der Waals surface area contributed by atoms with Crippen molar-refractivity contribution in [2.24, 2.45) is 16.4 Å². The number of nitrogens with one attached hydrogen (secondary N) is 1. The number of urea groups is 1. The van der Waals surface area contributed by atoms with Crippen molar-refractivity contribution in [3.8, 4) is 0 Å². The van der Waals surface area contributed by atoms with Crippen LogP contribution in [0.25, 0.3) is 0 Å². The molecule has 33 heavy (non-hydrogen) atoms. The van der Waals surface area contributed by atoms with Crippen molar-refractivity contribution in [3.63, 3.8) is 0 Å². The largest absolute Gasteiger partial charge is 0.338 e. The Labute approximate surface area is 198 Å². The first kappa shape index (κ1) is 22.2. The van der Waals surface area contributed by atoms with Crippen LogP contribution in [0.5, 0.6) is 0 Å². The van der Waals surface area contributed by atoms with Crippen molar-refractivity contribution in [2.45, 2.75) is 76.7 Å². The highest BCUT2D eigenvalue weighted by Gasteiger charge is 2.54. The number of hydrazone groups is 1. The number of nitrogens with zero attached hydrogens (tertiary/aromatic N) is 2. The predicted octanol–water partition coefficient (Wildman–Crippen LogP) is 6.49. The molecule has 1 aliphatic heterocycles. The van der Waals surface area contributed by atoms with Gasteiger partial charge in [-0.3, -0.25) is 0 Å². The fraction of sp³-hybridized carbons (Fsp3) is 0.517. The van der Waals surface area contributed by atoms with Gasteiger partial charge in [0.25, 0.3) is 0 Å². The third-order valence-corrected chi connectivity index (χ3v) is 8.79. The molecule has 1 heterocycles. The first-order valence-corrected chi connectivity index (χ1v) is 12.7. The monoisotopic (exact) mass is 443 g/mol. The second-order valence-electron chi connectivity index (χ2n) is 10.9. The molecule has 4 heteroatoms. The lowest BCUT2D eigenvalue weighted by Crippen LogP contribution is -2.53. The first-order valence-electron chi connectivity index (χ1n) is 12.7. The van der Waals surface area contributed by atoms with Crippen LogP contribution in [0.1, 0.15) is 76.3 Å². The van der Waals surface area contributed by atoms with Crippen LogP contribution in [0.15, 0.2) is 65.8 Å². The van der Waals surface area contributed by atoms with E-state index in [4.69, 9.17) is 5.10 Å². The number of hydrogen-bond acceptors (Lipinski definition) is 2. The van der Waals surface area contributed by atoms with E-state index in [9.17, 15) is 4.79 Å². The molecule has 0 aromatic heterocycles. The number of carbonyl (C=O) groups is 1. The van der Waals surface area contributed by atoms with Gasteiger partial charge in [0.15, 0.2) is 0 Å². The Morgan fingerprint density at radius 3 is 2.30 bits per heavy atom. The standard InChI is InChI=1S/C29H37N3O/c1-21(2)28(3)17-11-10-16-25(28)30-27(33)32-20-24(22-12-6-4-7-13-22)26(31-32)29(18-19-29)23-14-8-5-9-15-23/h4-9,12-15,21,24-25H,10-11,16-20H2,1-3H3,(H,30,33)/t24?,25?,28-/m1/s1. The number of hydrogen-bond donors (Lipinski definition) is 1. The summed E-state index contributed by atoms with van der Waals surface area (Å²) in [6.07, 6.45) is 6.87. The van der Waals surface area contributed by atoms with E-state index >= 15 is 0 Å². The molecule has 174 valence electrons. The maximum absolute atomic E-state index is 13.5. The SMILES string of the molecule is CC(C)[C@@]1(C)CCCCC1NC(=O)N1CC(c2ccccc2)C(C2(c3ccccc3)CC2)=N1. The molecule has 0 saturated heterocycles. The van der Waals surface area contributed by atoms with E-state index in [0.29, 0.717) is 12.5 Å². The lowest BCUT2D eigenvalue weighted by atomic mass is 9.65. The van der Waals surface area contributed by atoms with Crippen molar-refractivity contribution in [1.82, 2.24) is 10.3 Å². The van der Waals surface area contributed by atoms with E-state index in [2.05, 4.69) is 86.8 Å². The Morgan fingerprint density at radius 2 is 1.67 bits per heavy atom. The van der Waals surface area contributed by atoms with Crippen molar-refractivity contribution in [3.05, 3.63) is 71.8 Å². The summed E-state index contributed by atoms with van der Waals surface area (Å²) in [5.74, 6) is 0.674. The quantitative estimate of drug-likeness (QED) is 0.564. The molecule has 0 bridgehead atoms. The van der Waals surface area contributed by atoms with Crippen molar-refractivity contribution in [2.75, 3.05) is 6.54 Å². The zero-order chi connectivity index (χ0) is 23.1. The van der Waals surface area contributed by atoms with Gasteiger partial charge in [0.1, 0.15) is 0 Å². The van der Waals surface area contributed by atoms with Gasteiger partial charge in [-0.15, -0.1) is 0 Å². The molecule has 2 aliphatic carbocycles. The topological polar surface area (TPSA) is 44.7 Å². The highest BCUT2D eigenvalue weighted by molar-refractivity contribution is 6.04. The molecule has 2 unspecified atom stereocenters. The fourth-order valence-corrected chi connectivity index (χ4v) is 6.09. The molecule has 1 N–H and O–H groups in total. The molecule has 5 rings (SSSR count). The summed E-state index contributed by atoms with van der Waals surface area (Å²) >= 11 is 0. The third-order valence-electron chi connectivity index (χ3n) is 8.79. The normalized spacial score (nSPS) is 28.5. The molecule has 2 amide bonds. The Hall–Kier alpha value is -2.62. The van der Waals surface area contributed by atoms with Gasteiger partial charge in [-0.2, -0.15) is 5.10 Å². The van der Waals surface area contributed by atoms with Crippen molar-refractivity contribution in [1.29, 1.82) is 0 Å². The van der Waals surface area contributed by atoms with E-state index in [1.165, 1.54) is 30.4 Å². The van der Waals surface area contributed by atoms with Crippen LogP contribution in [-0.2, 0) is 5.41 Å². The van der Waals surface area contributed by atoms with Crippen LogP contribution in [0.2, 0.25) is 0 Å².